The average molecular weight is 370 g/mol. The quantitative estimate of drug-likeness (QED) is 0.803. The van der Waals surface area contributed by atoms with Crippen LogP contribution in [-0.4, -0.2) is 35.6 Å². The second kappa shape index (κ2) is 6.84. The minimum Gasteiger partial charge on any atom is -0.444 e. The van der Waals surface area contributed by atoms with Crippen molar-refractivity contribution in [1.82, 2.24) is 5.32 Å². The standard InChI is InChI=1S/C22H30N2O3/c1-22(2,3)27-21(26)23-16-12-18-10-11-19(13-16)24(18)17-8-6-15(7-9-17)20(25)14-4-5-14/h6-9,14,16,18-19H,4-5,10-13H2,1-3H3,(H,23,26). The van der Waals surface area contributed by atoms with Gasteiger partial charge in [0.1, 0.15) is 5.60 Å². The highest BCUT2D eigenvalue weighted by molar-refractivity contribution is 5.99. The van der Waals surface area contributed by atoms with Crippen molar-refractivity contribution < 1.29 is 14.3 Å². The number of ketones is 1. The predicted molar refractivity (Wildman–Crippen MR) is 105 cm³/mol. The van der Waals surface area contributed by atoms with E-state index in [-0.39, 0.29) is 18.1 Å². The number of piperidine rings is 1. The molecule has 0 aromatic heterocycles. The van der Waals surface area contributed by atoms with E-state index in [9.17, 15) is 9.59 Å². The smallest absolute Gasteiger partial charge is 0.407 e. The number of carbonyl (C=O) groups is 2. The number of rotatable bonds is 4. The number of ether oxygens (including phenoxy) is 1. The van der Waals surface area contributed by atoms with Crippen molar-refractivity contribution in [3.8, 4) is 0 Å². The summed E-state index contributed by atoms with van der Waals surface area (Å²) in [5.74, 6) is 0.562. The summed E-state index contributed by atoms with van der Waals surface area (Å²) in [6.45, 7) is 5.66. The van der Waals surface area contributed by atoms with Crippen LogP contribution in [0.25, 0.3) is 0 Å². The normalized spacial score (nSPS) is 27.4. The number of hydrogen-bond acceptors (Lipinski definition) is 4. The fourth-order valence-electron chi connectivity index (χ4n) is 4.57. The van der Waals surface area contributed by atoms with Crippen molar-refractivity contribution in [3.05, 3.63) is 29.8 Å². The monoisotopic (exact) mass is 370 g/mol. The van der Waals surface area contributed by atoms with Crippen molar-refractivity contribution in [2.75, 3.05) is 4.90 Å². The molecule has 2 bridgehead atoms. The maximum atomic E-state index is 12.2. The summed E-state index contributed by atoms with van der Waals surface area (Å²) >= 11 is 0. The van der Waals surface area contributed by atoms with E-state index in [2.05, 4.69) is 22.3 Å². The molecule has 1 N–H and O–H groups in total. The summed E-state index contributed by atoms with van der Waals surface area (Å²) < 4.78 is 5.41. The van der Waals surface area contributed by atoms with Gasteiger partial charge in [-0.1, -0.05) is 0 Å². The van der Waals surface area contributed by atoms with Crippen LogP contribution in [0.15, 0.2) is 24.3 Å². The first kappa shape index (κ1) is 18.3. The van der Waals surface area contributed by atoms with Crippen LogP contribution < -0.4 is 10.2 Å². The van der Waals surface area contributed by atoms with Crippen molar-refractivity contribution in [3.63, 3.8) is 0 Å². The molecule has 1 aromatic carbocycles. The number of Topliss-reactive ketones (excluding diaryl/α,β-unsaturated/α-hetero) is 1. The lowest BCUT2D eigenvalue weighted by molar-refractivity contribution is 0.0492. The first-order chi connectivity index (χ1) is 12.8. The molecule has 2 aliphatic heterocycles. The van der Waals surface area contributed by atoms with E-state index in [1.807, 2.05) is 32.9 Å². The van der Waals surface area contributed by atoms with Gasteiger partial charge in [-0.3, -0.25) is 4.79 Å². The van der Waals surface area contributed by atoms with Crippen LogP contribution in [0.2, 0.25) is 0 Å². The predicted octanol–water partition coefficient (Wildman–Crippen LogP) is 4.30. The lowest BCUT2D eigenvalue weighted by Crippen LogP contribution is -2.51. The molecule has 2 atom stereocenters. The van der Waals surface area contributed by atoms with Crippen LogP contribution in [0.1, 0.15) is 69.7 Å². The molecule has 146 valence electrons. The van der Waals surface area contributed by atoms with Gasteiger partial charge in [-0.25, -0.2) is 4.79 Å². The number of anilines is 1. The molecule has 1 aromatic rings. The molecule has 5 heteroatoms. The van der Waals surface area contributed by atoms with E-state index in [1.54, 1.807) is 0 Å². The number of hydrogen-bond donors (Lipinski definition) is 1. The zero-order valence-electron chi connectivity index (χ0n) is 16.5. The van der Waals surface area contributed by atoms with Gasteiger partial charge >= 0.3 is 6.09 Å². The minimum atomic E-state index is -0.469. The zero-order chi connectivity index (χ0) is 19.2. The first-order valence-corrected chi connectivity index (χ1v) is 10.2. The molecular formula is C22H30N2O3. The minimum absolute atomic E-state index is 0.171. The van der Waals surface area contributed by atoms with Crippen molar-refractivity contribution in [1.29, 1.82) is 0 Å². The van der Waals surface area contributed by atoms with E-state index < -0.39 is 5.60 Å². The number of alkyl carbamates (subject to hydrolysis) is 1. The van der Waals surface area contributed by atoms with Gasteiger partial charge < -0.3 is 15.0 Å². The van der Waals surface area contributed by atoms with Crippen LogP contribution in [0, 0.1) is 5.92 Å². The Labute approximate surface area is 161 Å². The third kappa shape index (κ3) is 4.12. The molecule has 0 spiro atoms. The molecule has 27 heavy (non-hydrogen) atoms. The third-order valence-corrected chi connectivity index (χ3v) is 5.85. The molecule has 4 rings (SSSR count). The van der Waals surface area contributed by atoms with E-state index in [0.717, 1.165) is 44.1 Å². The molecule has 1 aliphatic carbocycles. The summed E-state index contributed by atoms with van der Waals surface area (Å²) in [6.07, 6.45) is 5.96. The van der Waals surface area contributed by atoms with Crippen LogP contribution >= 0.6 is 0 Å². The molecule has 2 heterocycles. The number of amides is 1. The lowest BCUT2D eigenvalue weighted by atomic mass is 9.96. The molecule has 5 nitrogen and oxygen atoms in total. The van der Waals surface area contributed by atoms with Crippen LogP contribution in [0.5, 0.6) is 0 Å². The molecule has 1 amide bonds. The summed E-state index contributed by atoms with van der Waals surface area (Å²) in [7, 11) is 0. The number of carbonyl (C=O) groups excluding carboxylic acids is 2. The van der Waals surface area contributed by atoms with Gasteiger partial charge in [0.2, 0.25) is 0 Å². The van der Waals surface area contributed by atoms with Crippen LogP contribution in [-0.2, 0) is 4.74 Å². The topological polar surface area (TPSA) is 58.6 Å². The fraction of sp³-hybridized carbons (Fsp3) is 0.636. The summed E-state index contributed by atoms with van der Waals surface area (Å²) in [5.41, 5.74) is 1.57. The van der Waals surface area contributed by atoms with E-state index in [4.69, 9.17) is 4.74 Å². The van der Waals surface area contributed by atoms with Gasteiger partial charge in [-0.2, -0.15) is 0 Å². The Hall–Kier alpha value is -2.04. The maximum Gasteiger partial charge on any atom is 0.407 e. The highest BCUT2D eigenvalue weighted by Crippen LogP contribution is 2.40. The molecule has 3 fully saturated rings. The highest BCUT2D eigenvalue weighted by atomic mass is 16.6. The largest absolute Gasteiger partial charge is 0.444 e. The number of fused-ring (bicyclic) bond motifs is 2. The third-order valence-electron chi connectivity index (χ3n) is 5.85. The molecule has 1 saturated carbocycles. The Morgan fingerprint density at radius 1 is 1.00 bits per heavy atom. The Balaban J connectivity index is 1.39. The van der Waals surface area contributed by atoms with Gasteiger partial charge in [-0.15, -0.1) is 0 Å². The van der Waals surface area contributed by atoms with Gasteiger partial charge in [0.25, 0.3) is 0 Å². The van der Waals surface area contributed by atoms with E-state index in [0.29, 0.717) is 17.9 Å². The van der Waals surface area contributed by atoms with Crippen molar-refractivity contribution in [2.24, 2.45) is 5.92 Å². The number of nitrogens with zero attached hydrogens (tertiary/aromatic N) is 1. The SMILES string of the molecule is CC(C)(C)OC(=O)NC1CC2CCC(C1)N2c1ccc(C(=O)C2CC2)cc1. The lowest BCUT2D eigenvalue weighted by Gasteiger charge is -2.41. The van der Waals surface area contributed by atoms with Gasteiger partial charge in [-0.05, 0) is 83.6 Å². The van der Waals surface area contributed by atoms with E-state index in [1.165, 1.54) is 5.69 Å². The van der Waals surface area contributed by atoms with Gasteiger partial charge in [0.15, 0.2) is 5.78 Å². The second-order valence-corrected chi connectivity index (χ2v) is 9.29. The first-order valence-electron chi connectivity index (χ1n) is 10.2. The fourth-order valence-corrected chi connectivity index (χ4v) is 4.57. The molecule has 2 saturated heterocycles. The Bertz CT molecular complexity index is 704. The van der Waals surface area contributed by atoms with Crippen LogP contribution in [0.4, 0.5) is 10.5 Å². The number of benzene rings is 1. The molecule has 2 unspecified atom stereocenters. The van der Waals surface area contributed by atoms with Gasteiger partial charge in [0.05, 0.1) is 0 Å². The van der Waals surface area contributed by atoms with Crippen LogP contribution in [0.3, 0.4) is 0 Å². The van der Waals surface area contributed by atoms with Crippen molar-refractivity contribution in [2.45, 2.75) is 83.0 Å². The zero-order valence-corrected chi connectivity index (χ0v) is 16.5. The van der Waals surface area contributed by atoms with E-state index >= 15 is 0 Å². The summed E-state index contributed by atoms with van der Waals surface area (Å²) in [5, 5.41) is 3.06. The molecule has 0 radical (unpaired) electrons. The maximum absolute atomic E-state index is 12.2. The Kier molecular flexibility index (Phi) is 4.65. The molecular weight excluding hydrogens is 340 g/mol. The number of nitrogens with one attached hydrogen (secondary N) is 1. The van der Waals surface area contributed by atoms with Crippen molar-refractivity contribution >= 4 is 17.6 Å². The Morgan fingerprint density at radius 3 is 2.11 bits per heavy atom. The second-order valence-electron chi connectivity index (χ2n) is 9.29. The summed E-state index contributed by atoms with van der Waals surface area (Å²) in [6, 6.07) is 9.22. The molecule has 3 aliphatic rings. The highest BCUT2D eigenvalue weighted by Gasteiger charge is 2.41. The van der Waals surface area contributed by atoms with Gasteiger partial charge in [0, 0.05) is 35.3 Å². The average Bonchev–Trinajstić information content (AvgIpc) is 3.39. The Morgan fingerprint density at radius 2 is 1.59 bits per heavy atom. The summed E-state index contributed by atoms with van der Waals surface area (Å²) in [4.78, 5) is 26.8.